The summed E-state index contributed by atoms with van der Waals surface area (Å²) in [6, 6.07) is 15.0. The number of carbonyl (C=O) groups is 1. The summed E-state index contributed by atoms with van der Waals surface area (Å²) in [7, 11) is 1.63. The van der Waals surface area contributed by atoms with Crippen LogP contribution in [0.5, 0.6) is 17.2 Å². The summed E-state index contributed by atoms with van der Waals surface area (Å²) in [5.74, 6) is 1.89. The van der Waals surface area contributed by atoms with Gasteiger partial charge in [0.05, 0.1) is 13.2 Å². The lowest BCUT2D eigenvalue weighted by atomic mass is 10.0. The predicted molar refractivity (Wildman–Crippen MR) is 90.5 cm³/mol. The van der Waals surface area contributed by atoms with Crippen molar-refractivity contribution < 1.29 is 19.0 Å². The van der Waals surface area contributed by atoms with Gasteiger partial charge in [-0.05, 0) is 36.2 Å². The molecule has 0 saturated carbocycles. The lowest BCUT2D eigenvalue weighted by Crippen LogP contribution is -2.45. The lowest BCUT2D eigenvalue weighted by molar-refractivity contribution is -0.131. The summed E-state index contributed by atoms with van der Waals surface area (Å²) in [6.07, 6.45) is 0.134. The number of carbonyl (C=O) groups excluding carboxylic acids is 1. The molecule has 24 heavy (non-hydrogen) atoms. The second kappa shape index (κ2) is 7.25. The fourth-order valence-corrected chi connectivity index (χ4v) is 2.67. The molecule has 0 spiro atoms. The van der Waals surface area contributed by atoms with Crippen LogP contribution < -0.4 is 19.5 Å². The van der Waals surface area contributed by atoms with E-state index in [1.54, 1.807) is 13.2 Å². The van der Waals surface area contributed by atoms with Gasteiger partial charge in [0.1, 0.15) is 12.4 Å². The van der Waals surface area contributed by atoms with Crippen LogP contribution in [-0.2, 0) is 4.79 Å². The third-order valence-corrected chi connectivity index (χ3v) is 4.04. The summed E-state index contributed by atoms with van der Waals surface area (Å²) in [5, 5.41) is 3.04. The van der Waals surface area contributed by atoms with Gasteiger partial charge in [-0.15, -0.1) is 0 Å². The standard InChI is InChI=1S/C19H21NO4/c1-3-15(13-8-10-14(22-2)11-9-13)20-19(21)18-12-23-16-6-4-5-7-17(16)24-18/h4-11,15,18H,3,12H2,1-2H3,(H,20,21)/t15-,18-/m0/s1. The van der Waals surface area contributed by atoms with E-state index in [4.69, 9.17) is 14.2 Å². The van der Waals surface area contributed by atoms with E-state index in [1.165, 1.54) is 0 Å². The van der Waals surface area contributed by atoms with Gasteiger partial charge in [0.15, 0.2) is 11.5 Å². The van der Waals surface area contributed by atoms with Crippen molar-refractivity contribution in [3.8, 4) is 17.2 Å². The molecule has 2 aromatic rings. The fraction of sp³-hybridized carbons (Fsp3) is 0.316. The largest absolute Gasteiger partial charge is 0.497 e. The van der Waals surface area contributed by atoms with Crippen LogP contribution in [0.4, 0.5) is 0 Å². The lowest BCUT2D eigenvalue weighted by Gasteiger charge is -2.27. The minimum atomic E-state index is -0.646. The van der Waals surface area contributed by atoms with Crippen LogP contribution >= 0.6 is 0 Å². The molecule has 126 valence electrons. The highest BCUT2D eigenvalue weighted by molar-refractivity contribution is 5.82. The van der Waals surface area contributed by atoms with Gasteiger partial charge in [-0.3, -0.25) is 4.79 Å². The van der Waals surface area contributed by atoms with Gasteiger partial charge in [0.2, 0.25) is 6.10 Å². The summed E-state index contributed by atoms with van der Waals surface area (Å²) in [5.41, 5.74) is 1.03. The molecule has 5 heteroatoms. The SMILES string of the molecule is CC[C@H](NC(=O)[C@@H]1COc2ccccc2O1)c1ccc(OC)cc1. The molecule has 0 fully saturated rings. The Morgan fingerprint density at radius 2 is 1.92 bits per heavy atom. The summed E-state index contributed by atoms with van der Waals surface area (Å²) >= 11 is 0. The Labute approximate surface area is 141 Å². The summed E-state index contributed by atoms with van der Waals surface area (Å²) in [4.78, 5) is 12.5. The third kappa shape index (κ3) is 3.45. The Bertz CT molecular complexity index is 699. The van der Waals surface area contributed by atoms with E-state index >= 15 is 0 Å². The van der Waals surface area contributed by atoms with Crippen molar-refractivity contribution in [2.24, 2.45) is 0 Å². The maximum atomic E-state index is 12.5. The number of amides is 1. The monoisotopic (exact) mass is 327 g/mol. The van der Waals surface area contributed by atoms with Crippen LogP contribution in [0.3, 0.4) is 0 Å². The minimum Gasteiger partial charge on any atom is -0.497 e. The number of nitrogens with one attached hydrogen (secondary N) is 1. The number of methoxy groups -OCH3 is 1. The van der Waals surface area contributed by atoms with Crippen LogP contribution in [0.1, 0.15) is 24.9 Å². The highest BCUT2D eigenvalue weighted by atomic mass is 16.6. The van der Waals surface area contributed by atoms with Gasteiger partial charge in [-0.1, -0.05) is 31.2 Å². The zero-order valence-corrected chi connectivity index (χ0v) is 13.8. The number of benzene rings is 2. The Morgan fingerprint density at radius 3 is 2.58 bits per heavy atom. The first-order valence-electron chi connectivity index (χ1n) is 8.04. The molecular formula is C19H21NO4. The highest BCUT2D eigenvalue weighted by Crippen LogP contribution is 2.31. The van der Waals surface area contributed by atoms with Gasteiger partial charge < -0.3 is 19.5 Å². The molecular weight excluding hydrogens is 306 g/mol. The number of hydrogen-bond acceptors (Lipinski definition) is 4. The van der Waals surface area contributed by atoms with Gasteiger partial charge in [-0.25, -0.2) is 0 Å². The van der Waals surface area contributed by atoms with Gasteiger partial charge in [0.25, 0.3) is 5.91 Å². The van der Waals surface area contributed by atoms with Crippen molar-refractivity contribution in [3.05, 3.63) is 54.1 Å². The Hall–Kier alpha value is -2.69. The average molecular weight is 327 g/mol. The summed E-state index contributed by atoms with van der Waals surface area (Å²) < 4.78 is 16.5. The van der Waals surface area contributed by atoms with Crippen LogP contribution in [-0.4, -0.2) is 25.7 Å². The molecule has 0 aromatic heterocycles. The van der Waals surface area contributed by atoms with E-state index in [0.29, 0.717) is 11.5 Å². The molecule has 2 atom stereocenters. The maximum Gasteiger partial charge on any atom is 0.265 e. The molecule has 1 aliphatic heterocycles. The van der Waals surface area contributed by atoms with Gasteiger partial charge in [-0.2, -0.15) is 0 Å². The van der Waals surface area contributed by atoms with E-state index < -0.39 is 6.10 Å². The number of rotatable bonds is 5. The van der Waals surface area contributed by atoms with Gasteiger partial charge >= 0.3 is 0 Å². The average Bonchev–Trinajstić information content (AvgIpc) is 2.65. The van der Waals surface area contributed by atoms with Crippen LogP contribution in [0.25, 0.3) is 0 Å². The third-order valence-electron chi connectivity index (χ3n) is 4.04. The predicted octanol–water partition coefficient (Wildman–Crippen LogP) is 3.10. The molecule has 0 aliphatic carbocycles. The quantitative estimate of drug-likeness (QED) is 0.917. The zero-order valence-electron chi connectivity index (χ0n) is 13.8. The molecule has 1 N–H and O–H groups in total. The molecule has 0 radical (unpaired) electrons. The van der Waals surface area contributed by atoms with Crippen molar-refractivity contribution in [1.82, 2.24) is 5.32 Å². The first-order chi connectivity index (χ1) is 11.7. The summed E-state index contributed by atoms with van der Waals surface area (Å²) in [6.45, 7) is 2.24. The molecule has 1 heterocycles. The number of para-hydroxylation sites is 2. The van der Waals surface area contributed by atoms with Crippen LogP contribution in [0, 0.1) is 0 Å². The minimum absolute atomic E-state index is 0.0795. The Morgan fingerprint density at radius 1 is 1.21 bits per heavy atom. The van der Waals surface area contributed by atoms with Crippen LogP contribution in [0.2, 0.25) is 0 Å². The molecule has 0 saturated heterocycles. The highest BCUT2D eigenvalue weighted by Gasteiger charge is 2.28. The molecule has 5 nitrogen and oxygen atoms in total. The number of hydrogen-bond donors (Lipinski definition) is 1. The molecule has 0 unspecified atom stereocenters. The molecule has 3 rings (SSSR count). The zero-order chi connectivity index (χ0) is 16.9. The van der Waals surface area contributed by atoms with Crippen molar-refractivity contribution in [1.29, 1.82) is 0 Å². The maximum absolute atomic E-state index is 12.5. The Balaban J connectivity index is 1.66. The Kier molecular flexibility index (Phi) is 4.89. The second-order valence-electron chi connectivity index (χ2n) is 5.61. The first-order valence-corrected chi connectivity index (χ1v) is 8.04. The number of ether oxygens (including phenoxy) is 3. The van der Waals surface area contributed by atoms with Gasteiger partial charge in [0, 0.05) is 0 Å². The smallest absolute Gasteiger partial charge is 0.265 e. The molecule has 1 aliphatic rings. The van der Waals surface area contributed by atoms with E-state index in [9.17, 15) is 4.79 Å². The number of fused-ring (bicyclic) bond motifs is 1. The first kappa shape index (κ1) is 16.2. The van der Waals surface area contributed by atoms with E-state index in [2.05, 4.69) is 5.32 Å². The topological polar surface area (TPSA) is 56.8 Å². The van der Waals surface area contributed by atoms with Crippen molar-refractivity contribution >= 4 is 5.91 Å². The molecule has 0 bridgehead atoms. The van der Waals surface area contributed by atoms with Crippen LogP contribution in [0.15, 0.2) is 48.5 Å². The van der Waals surface area contributed by atoms with Crippen molar-refractivity contribution in [2.75, 3.05) is 13.7 Å². The normalized spacial score (nSPS) is 17.0. The van der Waals surface area contributed by atoms with E-state index in [0.717, 1.165) is 17.7 Å². The molecule has 2 aromatic carbocycles. The molecule has 1 amide bonds. The second-order valence-corrected chi connectivity index (χ2v) is 5.61. The fourth-order valence-electron chi connectivity index (χ4n) is 2.67. The van der Waals surface area contributed by atoms with E-state index in [-0.39, 0.29) is 18.6 Å². The van der Waals surface area contributed by atoms with Crippen molar-refractivity contribution in [2.45, 2.75) is 25.5 Å². The van der Waals surface area contributed by atoms with E-state index in [1.807, 2.05) is 49.4 Å². The van der Waals surface area contributed by atoms with Crippen molar-refractivity contribution in [3.63, 3.8) is 0 Å².